The van der Waals surface area contributed by atoms with Gasteiger partial charge in [-0.2, -0.15) is 4.31 Å². The Hall–Kier alpha value is -1.28. The van der Waals surface area contributed by atoms with E-state index in [1.807, 2.05) is 18.2 Å². The molecule has 2 aromatic rings. The van der Waals surface area contributed by atoms with E-state index in [0.29, 0.717) is 18.7 Å². The van der Waals surface area contributed by atoms with Crippen molar-refractivity contribution in [2.75, 3.05) is 32.4 Å². The van der Waals surface area contributed by atoms with Crippen LogP contribution in [0.1, 0.15) is 4.88 Å². The third kappa shape index (κ3) is 3.98. The van der Waals surface area contributed by atoms with E-state index < -0.39 is 10.0 Å². The summed E-state index contributed by atoms with van der Waals surface area (Å²) in [5.41, 5.74) is 0.630. The number of nitrogens with zero attached hydrogens (tertiary/aromatic N) is 2. The summed E-state index contributed by atoms with van der Waals surface area (Å²) in [6, 6.07) is 10.8. The van der Waals surface area contributed by atoms with Crippen LogP contribution < -0.4 is 0 Å². The molecular weight excluding hydrogens is 335 g/mol. The molecule has 0 N–H and O–H groups in total. The molecular formula is C16H19FN2O2S2. The molecule has 0 amide bonds. The lowest BCUT2D eigenvalue weighted by molar-refractivity contribution is 0.183. The van der Waals surface area contributed by atoms with E-state index >= 15 is 0 Å². The van der Waals surface area contributed by atoms with Crippen molar-refractivity contribution in [2.45, 2.75) is 6.54 Å². The summed E-state index contributed by atoms with van der Waals surface area (Å²) in [5.74, 6) is -0.206. The van der Waals surface area contributed by atoms with Crippen molar-refractivity contribution >= 4 is 21.4 Å². The quantitative estimate of drug-likeness (QED) is 0.847. The number of rotatable bonds is 4. The molecule has 124 valence electrons. The standard InChI is InChI=1S/C16H19FN2O2S2/c1-23(20,21)19-10-8-18(9-11-19)12-13-6-7-16(22-13)14-4-2-3-5-15(14)17/h2-7H,8-12H2,1H3. The highest BCUT2D eigenvalue weighted by atomic mass is 32.2. The summed E-state index contributed by atoms with van der Waals surface area (Å²) in [7, 11) is -3.09. The van der Waals surface area contributed by atoms with Gasteiger partial charge in [0.05, 0.1) is 6.26 Å². The SMILES string of the molecule is CS(=O)(=O)N1CCN(Cc2ccc(-c3ccccc3F)s2)CC1. The van der Waals surface area contributed by atoms with Crippen molar-refractivity contribution < 1.29 is 12.8 Å². The normalized spacial score (nSPS) is 17.5. The zero-order valence-corrected chi connectivity index (χ0v) is 14.5. The van der Waals surface area contributed by atoms with E-state index in [0.717, 1.165) is 29.4 Å². The summed E-state index contributed by atoms with van der Waals surface area (Å²) < 4.78 is 38.4. The minimum atomic E-state index is -3.09. The van der Waals surface area contributed by atoms with Gasteiger partial charge >= 0.3 is 0 Å². The fourth-order valence-electron chi connectivity index (χ4n) is 2.71. The fraction of sp³-hybridized carbons (Fsp3) is 0.375. The first kappa shape index (κ1) is 16.6. The molecule has 23 heavy (non-hydrogen) atoms. The Bertz CT molecular complexity index is 781. The van der Waals surface area contributed by atoms with Crippen LogP contribution >= 0.6 is 11.3 Å². The molecule has 1 aromatic carbocycles. The van der Waals surface area contributed by atoms with Crippen LogP contribution in [0.5, 0.6) is 0 Å². The van der Waals surface area contributed by atoms with E-state index in [-0.39, 0.29) is 5.82 Å². The highest BCUT2D eigenvalue weighted by Crippen LogP contribution is 2.30. The zero-order chi connectivity index (χ0) is 16.4. The molecule has 1 fully saturated rings. The van der Waals surface area contributed by atoms with Crippen LogP contribution in [0.25, 0.3) is 10.4 Å². The summed E-state index contributed by atoms with van der Waals surface area (Å²) in [5, 5.41) is 0. The third-order valence-corrected chi connectivity index (χ3v) is 6.39. The van der Waals surface area contributed by atoms with Gasteiger partial charge in [0.1, 0.15) is 5.82 Å². The number of halogens is 1. The number of sulfonamides is 1. The van der Waals surface area contributed by atoms with E-state index in [4.69, 9.17) is 0 Å². The second-order valence-corrected chi connectivity index (χ2v) is 8.83. The van der Waals surface area contributed by atoms with Gasteiger partial charge in [0.2, 0.25) is 10.0 Å². The first-order valence-corrected chi connectivity index (χ1v) is 10.1. The van der Waals surface area contributed by atoms with Crippen molar-refractivity contribution in [2.24, 2.45) is 0 Å². The topological polar surface area (TPSA) is 40.6 Å². The van der Waals surface area contributed by atoms with Gasteiger partial charge in [0.15, 0.2) is 0 Å². The molecule has 7 heteroatoms. The van der Waals surface area contributed by atoms with Gasteiger partial charge in [-0.25, -0.2) is 12.8 Å². The smallest absolute Gasteiger partial charge is 0.211 e. The minimum absolute atomic E-state index is 0.206. The molecule has 0 spiro atoms. The fourth-order valence-corrected chi connectivity index (χ4v) is 4.61. The third-order valence-electron chi connectivity index (χ3n) is 3.98. The van der Waals surface area contributed by atoms with Gasteiger partial charge in [-0.1, -0.05) is 18.2 Å². The van der Waals surface area contributed by atoms with Crippen LogP contribution in [0, 0.1) is 5.82 Å². The van der Waals surface area contributed by atoms with Crippen LogP contribution in [0.4, 0.5) is 4.39 Å². The van der Waals surface area contributed by atoms with E-state index in [1.54, 1.807) is 23.5 Å². The Morgan fingerprint density at radius 1 is 1.09 bits per heavy atom. The molecule has 1 saturated heterocycles. The summed E-state index contributed by atoms with van der Waals surface area (Å²) >= 11 is 1.59. The first-order chi connectivity index (χ1) is 10.9. The van der Waals surface area contributed by atoms with Gasteiger partial charge in [0, 0.05) is 48.0 Å². The van der Waals surface area contributed by atoms with E-state index in [1.165, 1.54) is 16.6 Å². The number of hydrogen-bond acceptors (Lipinski definition) is 4. The number of hydrogen-bond donors (Lipinski definition) is 0. The Kier molecular flexibility index (Phi) is 4.82. The zero-order valence-electron chi connectivity index (χ0n) is 12.9. The summed E-state index contributed by atoms with van der Waals surface area (Å²) in [6.45, 7) is 3.28. The predicted octanol–water partition coefficient (Wildman–Crippen LogP) is 2.63. The molecule has 0 atom stereocenters. The lowest BCUT2D eigenvalue weighted by Gasteiger charge is -2.32. The average Bonchev–Trinajstić information content (AvgIpc) is 2.95. The molecule has 0 unspecified atom stereocenters. The highest BCUT2D eigenvalue weighted by molar-refractivity contribution is 7.88. The molecule has 1 aromatic heterocycles. The Morgan fingerprint density at radius 2 is 1.78 bits per heavy atom. The van der Waals surface area contributed by atoms with Crippen molar-refractivity contribution in [3.8, 4) is 10.4 Å². The number of benzene rings is 1. The maximum absolute atomic E-state index is 13.8. The second kappa shape index (κ2) is 6.68. The average molecular weight is 354 g/mol. The van der Waals surface area contributed by atoms with Crippen LogP contribution in [0.3, 0.4) is 0 Å². The Labute approximate surface area is 140 Å². The molecule has 0 bridgehead atoms. The number of piperazine rings is 1. The molecule has 0 saturated carbocycles. The maximum atomic E-state index is 13.8. The maximum Gasteiger partial charge on any atom is 0.211 e. The molecule has 1 aliphatic rings. The van der Waals surface area contributed by atoms with Crippen molar-refractivity contribution in [1.82, 2.24) is 9.21 Å². The Morgan fingerprint density at radius 3 is 2.43 bits per heavy atom. The van der Waals surface area contributed by atoms with Crippen molar-refractivity contribution in [3.63, 3.8) is 0 Å². The number of thiophene rings is 1. The van der Waals surface area contributed by atoms with Crippen LogP contribution in [0.15, 0.2) is 36.4 Å². The Balaban J connectivity index is 1.64. The van der Waals surface area contributed by atoms with Crippen LogP contribution in [-0.4, -0.2) is 50.1 Å². The molecule has 0 aliphatic carbocycles. The lowest BCUT2D eigenvalue weighted by atomic mass is 10.2. The van der Waals surface area contributed by atoms with Gasteiger partial charge in [-0.15, -0.1) is 11.3 Å². The first-order valence-electron chi connectivity index (χ1n) is 7.44. The lowest BCUT2D eigenvalue weighted by Crippen LogP contribution is -2.47. The highest BCUT2D eigenvalue weighted by Gasteiger charge is 2.23. The van der Waals surface area contributed by atoms with E-state index in [2.05, 4.69) is 4.90 Å². The van der Waals surface area contributed by atoms with Crippen molar-refractivity contribution in [3.05, 3.63) is 47.1 Å². The van der Waals surface area contributed by atoms with Crippen LogP contribution in [0.2, 0.25) is 0 Å². The van der Waals surface area contributed by atoms with Gasteiger partial charge in [-0.3, -0.25) is 4.90 Å². The molecule has 1 aliphatic heterocycles. The monoisotopic (exact) mass is 354 g/mol. The predicted molar refractivity (Wildman–Crippen MR) is 91.4 cm³/mol. The summed E-state index contributed by atoms with van der Waals surface area (Å²) in [4.78, 5) is 4.32. The summed E-state index contributed by atoms with van der Waals surface area (Å²) in [6.07, 6.45) is 1.25. The van der Waals surface area contributed by atoms with Gasteiger partial charge in [-0.05, 0) is 18.2 Å². The minimum Gasteiger partial charge on any atom is -0.296 e. The van der Waals surface area contributed by atoms with E-state index in [9.17, 15) is 12.8 Å². The second-order valence-electron chi connectivity index (χ2n) is 5.68. The van der Waals surface area contributed by atoms with Crippen LogP contribution in [-0.2, 0) is 16.6 Å². The molecule has 0 radical (unpaired) electrons. The van der Waals surface area contributed by atoms with Gasteiger partial charge in [0.25, 0.3) is 0 Å². The van der Waals surface area contributed by atoms with Gasteiger partial charge < -0.3 is 0 Å². The largest absolute Gasteiger partial charge is 0.296 e. The molecule has 4 nitrogen and oxygen atoms in total. The van der Waals surface area contributed by atoms with Crippen molar-refractivity contribution in [1.29, 1.82) is 0 Å². The molecule has 2 heterocycles. The molecule has 3 rings (SSSR count).